The average molecular weight is 283 g/mol. The Morgan fingerprint density at radius 2 is 2.16 bits per heavy atom. The van der Waals surface area contributed by atoms with Gasteiger partial charge in [0, 0.05) is 25.3 Å². The molecule has 1 unspecified atom stereocenters. The van der Waals surface area contributed by atoms with Crippen molar-refractivity contribution < 1.29 is 13.2 Å². The third-order valence-corrected chi connectivity index (χ3v) is 4.49. The molecule has 19 heavy (non-hydrogen) atoms. The van der Waals surface area contributed by atoms with E-state index in [0.717, 1.165) is 4.31 Å². The van der Waals surface area contributed by atoms with Crippen LogP contribution in [0.2, 0.25) is 0 Å². The number of nitrogens with two attached hydrogens (primary N) is 1. The predicted octanol–water partition coefficient (Wildman–Crippen LogP) is 1.06. The first-order valence-corrected chi connectivity index (χ1v) is 7.06. The molecule has 6 nitrogen and oxygen atoms in total. The van der Waals surface area contributed by atoms with Crippen LogP contribution in [0.25, 0.3) is 0 Å². The summed E-state index contributed by atoms with van der Waals surface area (Å²) in [6, 6.07) is 6.35. The first-order valence-electron chi connectivity index (χ1n) is 5.62. The molecule has 7 heteroatoms. The molecular weight excluding hydrogens is 266 g/mol. The molecule has 0 amide bonds. The molecule has 0 radical (unpaired) electrons. The SMILES string of the molecule is COc1cc(N)ccc1S(=O)(=O)N(C)CC(C)C#N. The van der Waals surface area contributed by atoms with Gasteiger partial charge in [-0.3, -0.25) is 0 Å². The highest BCUT2D eigenvalue weighted by molar-refractivity contribution is 7.89. The van der Waals surface area contributed by atoms with Gasteiger partial charge in [0.25, 0.3) is 0 Å². The molecule has 1 atom stereocenters. The number of sulfonamides is 1. The van der Waals surface area contributed by atoms with Gasteiger partial charge < -0.3 is 10.5 Å². The largest absolute Gasteiger partial charge is 0.495 e. The zero-order valence-electron chi connectivity index (χ0n) is 11.1. The lowest BCUT2D eigenvalue weighted by molar-refractivity contribution is 0.395. The minimum absolute atomic E-state index is 0.0387. The molecule has 104 valence electrons. The lowest BCUT2D eigenvalue weighted by Crippen LogP contribution is -2.31. The van der Waals surface area contributed by atoms with Crippen molar-refractivity contribution in [2.75, 3.05) is 26.4 Å². The average Bonchev–Trinajstić information content (AvgIpc) is 2.37. The van der Waals surface area contributed by atoms with Crippen LogP contribution in [0.5, 0.6) is 5.75 Å². The minimum Gasteiger partial charge on any atom is -0.495 e. The fourth-order valence-electron chi connectivity index (χ4n) is 1.59. The molecule has 0 aliphatic heterocycles. The number of nitrogens with zero attached hydrogens (tertiary/aromatic N) is 2. The van der Waals surface area contributed by atoms with Crippen LogP contribution in [-0.4, -0.2) is 33.4 Å². The van der Waals surface area contributed by atoms with Crippen molar-refractivity contribution in [2.45, 2.75) is 11.8 Å². The molecule has 0 fully saturated rings. The molecule has 0 heterocycles. The highest BCUT2D eigenvalue weighted by Gasteiger charge is 2.25. The number of hydrogen-bond donors (Lipinski definition) is 1. The van der Waals surface area contributed by atoms with Crippen LogP contribution in [0.1, 0.15) is 6.92 Å². The zero-order valence-corrected chi connectivity index (χ0v) is 11.9. The fourth-order valence-corrected chi connectivity index (χ4v) is 2.98. The second-order valence-electron chi connectivity index (χ2n) is 4.23. The van der Waals surface area contributed by atoms with Crippen LogP contribution < -0.4 is 10.5 Å². The van der Waals surface area contributed by atoms with Crippen molar-refractivity contribution in [3.05, 3.63) is 18.2 Å². The van der Waals surface area contributed by atoms with E-state index in [-0.39, 0.29) is 23.1 Å². The van der Waals surface area contributed by atoms with Gasteiger partial charge in [-0.15, -0.1) is 0 Å². The normalized spacial score (nSPS) is 13.0. The van der Waals surface area contributed by atoms with E-state index in [9.17, 15) is 8.42 Å². The number of nitriles is 1. The van der Waals surface area contributed by atoms with Crippen molar-refractivity contribution in [3.63, 3.8) is 0 Å². The summed E-state index contributed by atoms with van der Waals surface area (Å²) in [7, 11) is -0.892. The van der Waals surface area contributed by atoms with Crippen molar-refractivity contribution in [2.24, 2.45) is 5.92 Å². The standard InChI is InChI=1S/C12H17N3O3S/c1-9(7-13)8-15(2)19(16,17)12-5-4-10(14)6-11(12)18-3/h4-6,9H,8,14H2,1-3H3. The molecular formula is C12H17N3O3S. The van der Waals surface area contributed by atoms with E-state index in [4.69, 9.17) is 15.7 Å². The van der Waals surface area contributed by atoms with E-state index >= 15 is 0 Å². The summed E-state index contributed by atoms with van der Waals surface area (Å²) in [6.07, 6.45) is 0. The number of anilines is 1. The summed E-state index contributed by atoms with van der Waals surface area (Å²) < 4.78 is 30.9. The van der Waals surface area contributed by atoms with E-state index in [2.05, 4.69) is 0 Å². The van der Waals surface area contributed by atoms with Gasteiger partial charge in [-0.1, -0.05) is 0 Å². The van der Waals surface area contributed by atoms with Crippen LogP contribution >= 0.6 is 0 Å². The van der Waals surface area contributed by atoms with E-state index < -0.39 is 10.0 Å². The first kappa shape index (κ1) is 15.3. The smallest absolute Gasteiger partial charge is 0.246 e. The highest BCUT2D eigenvalue weighted by atomic mass is 32.2. The monoisotopic (exact) mass is 283 g/mol. The predicted molar refractivity (Wildman–Crippen MR) is 72.0 cm³/mol. The van der Waals surface area contributed by atoms with E-state index in [1.165, 1.54) is 32.4 Å². The summed E-state index contributed by atoms with van der Waals surface area (Å²) in [5, 5.41) is 8.74. The topological polar surface area (TPSA) is 96.4 Å². The van der Waals surface area contributed by atoms with Gasteiger partial charge in [0.15, 0.2) is 0 Å². The number of hydrogen-bond acceptors (Lipinski definition) is 5. The number of ether oxygens (including phenoxy) is 1. The van der Waals surface area contributed by atoms with Gasteiger partial charge in [0.2, 0.25) is 10.0 Å². The lowest BCUT2D eigenvalue weighted by atomic mass is 10.2. The minimum atomic E-state index is -3.70. The molecule has 1 aromatic carbocycles. The Hall–Kier alpha value is -1.78. The van der Waals surface area contributed by atoms with Gasteiger partial charge in [-0.05, 0) is 19.1 Å². The van der Waals surface area contributed by atoms with Gasteiger partial charge >= 0.3 is 0 Å². The molecule has 0 aliphatic carbocycles. The number of nitrogen functional groups attached to an aromatic ring is 1. The van der Waals surface area contributed by atoms with Gasteiger partial charge in [0.05, 0.1) is 19.1 Å². The molecule has 0 bridgehead atoms. The van der Waals surface area contributed by atoms with Crippen molar-refractivity contribution in [1.82, 2.24) is 4.31 Å². The Kier molecular flexibility index (Phi) is 4.75. The molecule has 0 aromatic heterocycles. The Morgan fingerprint density at radius 1 is 1.53 bits per heavy atom. The van der Waals surface area contributed by atoms with Crippen LogP contribution in [-0.2, 0) is 10.0 Å². The molecule has 0 aliphatic rings. The molecule has 2 N–H and O–H groups in total. The van der Waals surface area contributed by atoms with Crippen molar-refractivity contribution in [3.8, 4) is 11.8 Å². The Bertz CT molecular complexity index is 593. The Labute approximate surface area is 113 Å². The molecule has 0 spiro atoms. The van der Waals surface area contributed by atoms with Crippen LogP contribution in [0.4, 0.5) is 5.69 Å². The summed E-state index contributed by atoms with van der Waals surface area (Å²) in [6.45, 7) is 1.78. The molecule has 0 saturated carbocycles. The fraction of sp³-hybridized carbons (Fsp3) is 0.417. The van der Waals surface area contributed by atoms with Crippen LogP contribution in [0.3, 0.4) is 0 Å². The maximum atomic E-state index is 12.4. The summed E-state index contributed by atoms with van der Waals surface area (Å²) >= 11 is 0. The number of rotatable bonds is 5. The van der Waals surface area contributed by atoms with Crippen LogP contribution in [0, 0.1) is 17.2 Å². The lowest BCUT2D eigenvalue weighted by Gasteiger charge is -2.19. The second-order valence-corrected chi connectivity index (χ2v) is 6.24. The van der Waals surface area contributed by atoms with E-state index in [0.29, 0.717) is 5.69 Å². The highest BCUT2D eigenvalue weighted by Crippen LogP contribution is 2.28. The molecule has 0 saturated heterocycles. The van der Waals surface area contributed by atoms with Crippen molar-refractivity contribution in [1.29, 1.82) is 5.26 Å². The van der Waals surface area contributed by atoms with Gasteiger partial charge in [0.1, 0.15) is 10.6 Å². The van der Waals surface area contributed by atoms with Gasteiger partial charge in [-0.2, -0.15) is 9.57 Å². The molecule has 1 rings (SSSR count). The maximum Gasteiger partial charge on any atom is 0.246 e. The summed E-state index contributed by atoms with van der Waals surface area (Å²) in [5.74, 6) is -0.198. The number of methoxy groups -OCH3 is 1. The zero-order chi connectivity index (χ0) is 14.6. The second kappa shape index (κ2) is 5.91. The first-order chi connectivity index (χ1) is 8.82. The van der Waals surface area contributed by atoms with Gasteiger partial charge in [-0.25, -0.2) is 8.42 Å². The number of benzene rings is 1. The summed E-state index contributed by atoms with van der Waals surface area (Å²) in [4.78, 5) is 0.0387. The third-order valence-electron chi connectivity index (χ3n) is 2.63. The third kappa shape index (κ3) is 3.36. The van der Waals surface area contributed by atoms with E-state index in [1.807, 2.05) is 6.07 Å². The molecule has 1 aromatic rings. The maximum absolute atomic E-state index is 12.4. The quantitative estimate of drug-likeness (QED) is 0.815. The Balaban J connectivity index is 3.17. The van der Waals surface area contributed by atoms with E-state index in [1.54, 1.807) is 6.92 Å². The Morgan fingerprint density at radius 3 is 2.68 bits per heavy atom. The van der Waals surface area contributed by atoms with Crippen molar-refractivity contribution >= 4 is 15.7 Å². The van der Waals surface area contributed by atoms with Crippen LogP contribution in [0.15, 0.2) is 23.1 Å². The summed E-state index contributed by atoms with van der Waals surface area (Å²) in [5.41, 5.74) is 6.01.